The fourth-order valence-corrected chi connectivity index (χ4v) is 22.9. The third kappa shape index (κ3) is 5.84. The van der Waals surface area contributed by atoms with Crippen LogP contribution in [0.3, 0.4) is 0 Å². The molecule has 1 fully saturated rings. The molecule has 1 rings (SSSR count). The average molecular weight is 359 g/mol. The zero-order valence-corrected chi connectivity index (χ0v) is 16.3. The topological polar surface area (TPSA) is 0 Å². The molecule has 0 aromatic rings. The molecule has 0 unspecified atom stereocenters. The zero-order chi connectivity index (χ0) is 13.5. The minimum atomic E-state index is -1.77. The Hall–Kier alpha value is 0.799. The van der Waals surface area contributed by atoms with Crippen molar-refractivity contribution in [2.75, 3.05) is 0 Å². The van der Waals surface area contributed by atoms with Gasteiger partial charge in [-0.15, -0.1) is 0 Å². The van der Waals surface area contributed by atoms with E-state index in [1.54, 1.807) is 49.9 Å². The maximum atomic E-state index is 2.59. The Kier molecular flexibility index (Phi) is 7.65. The Balaban J connectivity index is 2.63. The van der Waals surface area contributed by atoms with Crippen molar-refractivity contribution < 1.29 is 0 Å². The van der Waals surface area contributed by atoms with Crippen molar-refractivity contribution in [2.24, 2.45) is 5.41 Å². The van der Waals surface area contributed by atoms with Crippen LogP contribution in [0.2, 0.25) is 17.7 Å². The van der Waals surface area contributed by atoms with Crippen LogP contribution in [0, 0.1) is 5.41 Å². The third-order valence-electron chi connectivity index (χ3n) is 5.09. The first-order valence-electron chi connectivity index (χ1n) is 8.60. The molecule has 0 bridgehead atoms. The second kappa shape index (κ2) is 8.17. The molecule has 0 nitrogen and oxygen atoms in total. The quantitative estimate of drug-likeness (QED) is 0.363. The van der Waals surface area contributed by atoms with E-state index in [1.807, 2.05) is 0 Å². The second-order valence-electron chi connectivity index (χ2n) is 7.30. The Morgan fingerprint density at radius 1 is 0.778 bits per heavy atom. The van der Waals surface area contributed by atoms with Gasteiger partial charge in [-0.05, 0) is 0 Å². The molecule has 1 aliphatic carbocycles. The average Bonchev–Trinajstić information content (AvgIpc) is 3.08. The second-order valence-corrected chi connectivity index (χ2v) is 21.2. The van der Waals surface area contributed by atoms with Crippen molar-refractivity contribution in [1.29, 1.82) is 0 Å². The van der Waals surface area contributed by atoms with Crippen molar-refractivity contribution >= 4 is 18.4 Å². The minimum absolute atomic E-state index is 0.825. The van der Waals surface area contributed by atoms with E-state index in [9.17, 15) is 0 Å². The van der Waals surface area contributed by atoms with Crippen LogP contribution in [0.15, 0.2) is 0 Å². The molecule has 1 heteroatoms. The fourth-order valence-electron chi connectivity index (χ4n) is 3.59. The molecular weight excluding hydrogens is 323 g/mol. The molecule has 1 aliphatic rings. The molecule has 18 heavy (non-hydrogen) atoms. The summed E-state index contributed by atoms with van der Waals surface area (Å²) in [4.78, 5) is 0. The van der Waals surface area contributed by atoms with Crippen molar-refractivity contribution in [2.45, 2.75) is 96.8 Å². The van der Waals surface area contributed by atoms with E-state index >= 15 is 0 Å². The summed E-state index contributed by atoms with van der Waals surface area (Å²) in [6, 6.07) is 0. The van der Waals surface area contributed by atoms with Crippen LogP contribution in [-0.4, -0.2) is 18.4 Å². The fraction of sp³-hybridized carbons (Fsp3) is 1.00. The number of hydrogen-bond donors (Lipinski definition) is 0. The molecule has 0 heterocycles. The summed E-state index contributed by atoms with van der Waals surface area (Å²) < 4.78 is 6.87. The molecule has 108 valence electrons. The molecule has 0 radical (unpaired) electrons. The van der Waals surface area contributed by atoms with Gasteiger partial charge >= 0.3 is 121 Å². The van der Waals surface area contributed by atoms with Gasteiger partial charge in [0.2, 0.25) is 0 Å². The molecule has 0 saturated heterocycles. The summed E-state index contributed by atoms with van der Waals surface area (Å²) in [5.41, 5.74) is 0.825. The van der Waals surface area contributed by atoms with Crippen LogP contribution < -0.4 is 0 Å². The predicted octanol–water partition coefficient (Wildman–Crippen LogP) is 6.64. The van der Waals surface area contributed by atoms with Crippen molar-refractivity contribution in [3.8, 4) is 0 Å². The van der Waals surface area contributed by atoms with E-state index in [4.69, 9.17) is 0 Å². The summed E-state index contributed by atoms with van der Waals surface area (Å²) in [5.74, 6) is 0. The van der Waals surface area contributed by atoms with Crippen LogP contribution in [0.4, 0.5) is 0 Å². The molecule has 1 saturated carbocycles. The van der Waals surface area contributed by atoms with E-state index in [-0.39, 0.29) is 0 Å². The SMILES string of the molecule is CCC[CH2][Sn]([CH2]CCC)([CH2]CCC)[CH2]C1(C)CC1. The predicted molar refractivity (Wildman–Crippen MR) is 87.0 cm³/mol. The van der Waals surface area contributed by atoms with Gasteiger partial charge in [-0.25, -0.2) is 0 Å². The van der Waals surface area contributed by atoms with Crippen LogP contribution in [0.1, 0.15) is 79.1 Å². The van der Waals surface area contributed by atoms with Crippen molar-refractivity contribution in [3.63, 3.8) is 0 Å². The van der Waals surface area contributed by atoms with Crippen molar-refractivity contribution in [1.82, 2.24) is 0 Å². The first-order valence-corrected chi connectivity index (χ1v) is 16.7. The maximum absolute atomic E-state index is 2.59. The van der Waals surface area contributed by atoms with Crippen LogP contribution in [0.25, 0.3) is 0 Å². The van der Waals surface area contributed by atoms with E-state index in [0.717, 1.165) is 5.41 Å². The van der Waals surface area contributed by atoms with E-state index in [2.05, 4.69) is 27.7 Å². The van der Waals surface area contributed by atoms with E-state index in [0.29, 0.717) is 0 Å². The van der Waals surface area contributed by atoms with Crippen molar-refractivity contribution in [3.05, 3.63) is 0 Å². The van der Waals surface area contributed by atoms with Gasteiger partial charge in [0.15, 0.2) is 0 Å². The van der Waals surface area contributed by atoms with Gasteiger partial charge in [0, 0.05) is 0 Å². The molecule has 0 spiro atoms. The van der Waals surface area contributed by atoms with E-state index in [1.165, 1.54) is 19.3 Å². The Bertz CT molecular complexity index is 196. The van der Waals surface area contributed by atoms with Crippen LogP contribution in [0.5, 0.6) is 0 Å². The van der Waals surface area contributed by atoms with Crippen LogP contribution in [-0.2, 0) is 0 Å². The summed E-state index contributed by atoms with van der Waals surface area (Å²) in [5, 5.41) is 0. The number of unbranched alkanes of at least 4 members (excludes halogenated alkanes) is 3. The Labute approximate surface area is 120 Å². The Morgan fingerprint density at radius 3 is 1.44 bits per heavy atom. The summed E-state index contributed by atoms with van der Waals surface area (Å²) >= 11 is -1.77. The van der Waals surface area contributed by atoms with Gasteiger partial charge in [0.1, 0.15) is 0 Å². The van der Waals surface area contributed by atoms with Crippen LogP contribution >= 0.6 is 0 Å². The number of hydrogen-bond acceptors (Lipinski definition) is 0. The monoisotopic (exact) mass is 360 g/mol. The van der Waals surface area contributed by atoms with Gasteiger partial charge in [-0.3, -0.25) is 0 Å². The zero-order valence-electron chi connectivity index (χ0n) is 13.5. The molecule has 0 aliphatic heterocycles. The third-order valence-corrected chi connectivity index (χ3v) is 21.8. The first kappa shape index (κ1) is 16.9. The molecule has 0 aromatic heterocycles. The van der Waals surface area contributed by atoms with Gasteiger partial charge < -0.3 is 0 Å². The number of rotatable bonds is 11. The Morgan fingerprint density at radius 2 is 1.17 bits per heavy atom. The van der Waals surface area contributed by atoms with Gasteiger partial charge in [0.05, 0.1) is 0 Å². The van der Waals surface area contributed by atoms with Gasteiger partial charge in [-0.2, -0.15) is 0 Å². The molecule has 0 atom stereocenters. The molecule has 0 aromatic carbocycles. The van der Waals surface area contributed by atoms with Gasteiger partial charge in [0.25, 0.3) is 0 Å². The summed E-state index contributed by atoms with van der Waals surface area (Å²) in [6.45, 7) is 9.74. The van der Waals surface area contributed by atoms with Gasteiger partial charge in [-0.1, -0.05) is 0 Å². The standard InChI is InChI=1S/C5H9.3C4H9.Sn/c1-5(2)3-4-5;3*1-3-4-2;/h1,3-4H2,2H3;3*1,3-4H2,2H3;. The first-order chi connectivity index (χ1) is 8.60. The van der Waals surface area contributed by atoms with E-state index < -0.39 is 18.4 Å². The molecular formula is C17H36Sn. The summed E-state index contributed by atoms with van der Waals surface area (Å²) in [7, 11) is 0. The molecule has 0 N–H and O–H groups in total. The molecule has 0 amide bonds. The summed E-state index contributed by atoms with van der Waals surface area (Å²) in [6.07, 6.45) is 12.0. The normalized spacial score (nSPS) is 18.0.